The fraction of sp³-hybridized carbons (Fsp3) is 0.300. The molecule has 0 aliphatic carbocycles. The summed E-state index contributed by atoms with van der Waals surface area (Å²) in [5, 5.41) is -4.17. The molecule has 0 aliphatic rings. The van der Waals surface area contributed by atoms with Gasteiger partial charge in [-0.05, 0) is 0 Å². The summed E-state index contributed by atoms with van der Waals surface area (Å²) in [6, 6.07) is 5.31. The third-order valence-corrected chi connectivity index (χ3v) is 3.15. The Kier molecular flexibility index (Phi) is 4.38. The molecule has 6 heteroatoms. The minimum absolute atomic E-state index is 0.188. The molecule has 2 nitrogen and oxygen atoms in total. The summed E-state index contributed by atoms with van der Waals surface area (Å²) in [5.41, 5.74) is 0.267. The minimum atomic E-state index is -4.17. The van der Waals surface area contributed by atoms with E-state index in [2.05, 4.69) is 0 Å². The molecule has 0 unspecified atom stereocenters. The van der Waals surface area contributed by atoms with Crippen molar-refractivity contribution in [2.24, 2.45) is 0 Å². The number of benzene rings is 1. The summed E-state index contributed by atoms with van der Waals surface area (Å²) in [6.07, 6.45) is 0. The summed E-state index contributed by atoms with van der Waals surface area (Å²) < 4.78 is 41.1. The maximum atomic E-state index is 12.1. The van der Waals surface area contributed by atoms with E-state index in [-0.39, 0.29) is 16.6 Å². The van der Waals surface area contributed by atoms with Crippen LogP contribution in [0.3, 0.4) is 0 Å². The molecule has 0 fully saturated rings. The van der Waals surface area contributed by atoms with E-state index in [1.54, 1.807) is 6.92 Å². The third kappa shape index (κ3) is 4.24. The Bertz CT molecular complexity index is 359. The Hall–Kier alpha value is -1.00. The molecule has 0 heterocycles. The molecule has 0 N–H and O–H groups in total. The van der Waals surface area contributed by atoms with Gasteiger partial charge in [-0.2, -0.15) is 0 Å². The predicted molar refractivity (Wildman–Crippen MR) is 53.8 cm³/mol. The fourth-order valence-corrected chi connectivity index (χ4v) is 2.14. The summed E-state index contributed by atoms with van der Waals surface area (Å²) in [6.45, 7) is 1.91. The molecule has 0 spiro atoms. The summed E-state index contributed by atoms with van der Waals surface area (Å²) in [4.78, 5) is 11.2. The standard InChI is InChI=1S/C10H9F3O2Se/c1-2-15-9(14)7-3-5-8(6-4-7)16-10(11,12)13/h3-6H,2H2,1H3. The first-order valence-corrected chi connectivity index (χ1v) is 6.16. The van der Waals surface area contributed by atoms with Gasteiger partial charge in [-0.1, -0.05) is 0 Å². The zero-order chi connectivity index (χ0) is 12.2. The number of alkyl halides is 3. The number of hydrogen-bond acceptors (Lipinski definition) is 2. The Morgan fingerprint density at radius 3 is 2.31 bits per heavy atom. The number of ether oxygens (including phenoxy) is 1. The maximum absolute atomic E-state index is 12.1. The predicted octanol–water partition coefficient (Wildman–Crippen LogP) is 1.71. The average molecular weight is 297 g/mol. The van der Waals surface area contributed by atoms with Gasteiger partial charge in [-0.3, -0.25) is 0 Å². The number of halogens is 3. The van der Waals surface area contributed by atoms with Crippen LogP contribution in [0.25, 0.3) is 0 Å². The van der Waals surface area contributed by atoms with Crippen LogP contribution in [-0.4, -0.2) is 32.6 Å². The molecule has 0 aromatic heterocycles. The van der Waals surface area contributed by atoms with Crippen molar-refractivity contribution >= 4 is 25.4 Å². The van der Waals surface area contributed by atoms with Crippen molar-refractivity contribution in [3.05, 3.63) is 29.8 Å². The van der Waals surface area contributed by atoms with Crippen molar-refractivity contribution in [3.63, 3.8) is 0 Å². The summed E-state index contributed by atoms with van der Waals surface area (Å²) >= 11 is -1.57. The molecular formula is C10H9F3O2Se. The first-order chi connectivity index (χ1) is 7.42. The van der Waals surface area contributed by atoms with Gasteiger partial charge in [-0.25, -0.2) is 0 Å². The zero-order valence-electron chi connectivity index (χ0n) is 8.38. The molecule has 1 rings (SSSR count). The van der Waals surface area contributed by atoms with Gasteiger partial charge in [0.25, 0.3) is 0 Å². The topological polar surface area (TPSA) is 26.3 Å². The van der Waals surface area contributed by atoms with Crippen molar-refractivity contribution in [1.82, 2.24) is 0 Å². The average Bonchev–Trinajstić information content (AvgIpc) is 2.16. The second-order valence-corrected chi connectivity index (χ2v) is 5.18. The SMILES string of the molecule is CCOC(=O)c1ccc([Se]C(F)(F)F)cc1. The normalized spacial score (nSPS) is 11.2. The first-order valence-electron chi connectivity index (χ1n) is 4.45. The molecule has 0 amide bonds. The van der Waals surface area contributed by atoms with E-state index < -0.39 is 26.0 Å². The van der Waals surface area contributed by atoms with E-state index in [0.29, 0.717) is 0 Å². The van der Waals surface area contributed by atoms with Crippen LogP contribution in [0, 0.1) is 0 Å². The van der Waals surface area contributed by atoms with Crippen LogP contribution in [0.15, 0.2) is 24.3 Å². The Labute approximate surface area is 96.9 Å². The molecule has 0 radical (unpaired) electrons. The molecule has 1 aromatic rings. The third-order valence-electron chi connectivity index (χ3n) is 1.60. The molecule has 16 heavy (non-hydrogen) atoms. The van der Waals surface area contributed by atoms with Crippen LogP contribution < -0.4 is 4.46 Å². The van der Waals surface area contributed by atoms with Gasteiger partial charge < -0.3 is 0 Å². The van der Waals surface area contributed by atoms with E-state index in [1.807, 2.05) is 0 Å². The van der Waals surface area contributed by atoms with Crippen LogP contribution in [0.5, 0.6) is 0 Å². The molecule has 0 saturated heterocycles. The number of hydrogen-bond donors (Lipinski definition) is 0. The molecule has 88 valence electrons. The van der Waals surface area contributed by atoms with E-state index in [4.69, 9.17) is 4.74 Å². The van der Waals surface area contributed by atoms with Crippen LogP contribution in [-0.2, 0) is 4.74 Å². The molecule has 1 aromatic carbocycles. The van der Waals surface area contributed by atoms with Crippen LogP contribution in [0.4, 0.5) is 13.2 Å². The van der Waals surface area contributed by atoms with E-state index in [9.17, 15) is 18.0 Å². The van der Waals surface area contributed by atoms with Crippen LogP contribution >= 0.6 is 0 Å². The Morgan fingerprint density at radius 1 is 1.31 bits per heavy atom. The second-order valence-electron chi connectivity index (χ2n) is 2.79. The molecule has 0 bridgehead atoms. The number of esters is 1. The van der Waals surface area contributed by atoms with Crippen molar-refractivity contribution in [2.45, 2.75) is 12.0 Å². The van der Waals surface area contributed by atoms with Crippen molar-refractivity contribution in [3.8, 4) is 0 Å². The monoisotopic (exact) mass is 298 g/mol. The van der Waals surface area contributed by atoms with Gasteiger partial charge >= 0.3 is 96.5 Å². The van der Waals surface area contributed by atoms with Crippen LogP contribution in [0.1, 0.15) is 17.3 Å². The quantitative estimate of drug-likeness (QED) is 0.627. The van der Waals surface area contributed by atoms with Crippen molar-refractivity contribution in [1.29, 1.82) is 0 Å². The number of rotatable bonds is 3. The number of carbonyl (C=O) groups excluding carboxylic acids is 1. The Morgan fingerprint density at radius 2 is 1.88 bits per heavy atom. The molecule has 0 atom stereocenters. The fourth-order valence-electron chi connectivity index (χ4n) is 1.01. The van der Waals surface area contributed by atoms with Gasteiger partial charge in [0.1, 0.15) is 0 Å². The van der Waals surface area contributed by atoms with Gasteiger partial charge in [0.05, 0.1) is 0 Å². The molecular weight excluding hydrogens is 288 g/mol. The van der Waals surface area contributed by atoms with Gasteiger partial charge in [0, 0.05) is 0 Å². The van der Waals surface area contributed by atoms with Crippen molar-refractivity contribution in [2.75, 3.05) is 6.61 Å². The van der Waals surface area contributed by atoms with Crippen LogP contribution in [0.2, 0.25) is 0 Å². The molecule has 0 aliphatic heterocycles. The van der Waals surface area contributed by atoms with E-state index in [1.165, 1.54) is 24.3 Å². The van der Waals surface area contributed by atoms with Crippen molar-refractivity contribution < 1.29 is 22.7 Å². The second kappa shape index (κ2) is 5.36. The zero-order valence-corrected chi connectivity index (χ0v) is 10.1. The van der Waals surface area contributed by atoms with Gasteiger partial charge in [0.15, 0.2) is 0 Å². The molecule has 0 saturated carbocycles. The van der Waals surface area contributed by atoms with Gasteiger partial charge in [0.2, 0.25) is 0 Å². The number of carbonyl (C=O) groups is 1. The van der Waals surface area contributed by atoms with E-state index >= 15 is 0 Å². The van der Waals surface area contributed by atoms with E-state index in [0.717, 1.165) is 0 Å². The first kappa shape index (κ1) is 13.1. The van der Waals surface area contributed by atoms with Gasteiger partial charge in [-0.15, -0.1) is 0 Å². The Balaban J connectivity index is 2.72. The summed E-state index contributed by atoms with van der Waals surface area (Å²) in [7, 11) is 0. The summed E-state index contributed by atoms with van der Waals surface area (Å²) in [5.74, 6) is -0.520.